The fourth-order valence-electron chi connectivity index (χ4n) is 1.04. The summed E-state index contributed by atoms with van der Waals surface area (Å²) in [6, 6.07) is 6.51. The Kier molecular flexibility index (Phi) is 5.04. The van der Waals surface area contributed by atoms with Crippen molar-refractivity contribution >= 4 is 12.6 Å². The van der Waals surface area contributed by atoms with Crippen molar-refractivity contribution in [2.45, 2.75) is 17.9 Å². The summed E-state index contributed by atoms with van der Waals surface area (Å²) in [5.41, 5.74) is 1.25. The number of nitrogens with zero attached hydrogens (tertiary/aromatic N) is 1. The first-order valence-corrected chi connectivity index (χ1v) is 4.13. The van der Waals surface area contributed by atoms with Crippen LogP contribution in [-0.4, -0.2) is 19.0 Å². The number of rotatable bonds is 2. The molecule has 0 saturated heterocycles. The average molecular weight is 174 g/mol. The van der Waals surface area contributed by atoms with Crippen molar-refractivity contribution in [2.75, 3.05) is 14.1 Å². The van der Waals surface area contributed by atoms with E-state index in [2.05, 4.69) is 32.0 Å². The van der Waals surface area contributed by atoms with Gasteiger partial charge < -0.3 is 17.5 Å². The van der Waals surface area contributed by atoms with Gasteiger partial charge in [0.05, 0.1) is 0 Å². The van der Waals surface area contributed by atoms with Crippen molar-refractivity contribution in [1.29, 1.82) is 0 Å². The molecule has 0 amide bonds. The molecule has 0 heterocycles. The minimum Gasteiger partial charge on any atom is -0.806 e. The standard InChI is InChI=1S/C9H14NS.Li/c1-7(10(2)3)8-5-4-6-9(8)11;/h4-7,11H,1-3H3;/q-1;+1/p-1. The molecule has 0 bridgehead atoms. The van der Waals surface area contributed by atoms with Crippen molar-refractivity contribution < 1.29 is 18.9 Å². The van der Waals surface area contributed by atoms with E-state index in [4.69, 9.17) is 12.6 Å². The fourth-order valence-corrected chi connectivity index (χ4v) is 1.36. The van der Waals surface area contributed by atoms with Crippen molar-refractivity contribution in [3.8, 4) is 0 Å². The van der Waals surface area contributed by atoms with Crippen LogP contribution in [0, 0.1) is 0 Å². The van der Waals surface area contributed by atoms with Gasteiger partial charge in [0.15, 0.2) is 0 Å². The van der Waals surface area contributed by atoms with E-state index in [0.29, 0.717) is 6.04 Å². The third-order valence-corrected chi connectivity index (χ3v) is 2.40. The van der Waals surface area contributed by atoms with E-state index in [1.165, 1.54) is 5.56 Å². The summed E-state index contributed by atoms with van der Waals surface area (Å²) < 4.78 is 0. The predicted molar refractivity (Wildman–Crippen MR) is 49.8 cm³/mol. The maximum atomic E-state index is 5.15. The maximum Gasteiger partial charge on any atom is 1.00 e. The van der Waals surface area contributed by atoms with Gasteiger partial charge in [-0.05, 0) is 20.1 Å². The molecule has 0 radical (unpaired) electrons. The average Bonchev–Trinajstić information content (AvgIpc) is 2.33. The van der Waals surface area contributed by atoms with Crippen LogP contribution >= 0.6 is 0 Å². The first-order valence-electron chi connectivity index (χ1n) is 3.72. The fraction of sp³-hybridized carbons (Fsp3) is 0.444. The van der Waals surface area contributed by atoms with E-state index in [9.17, 15) is 0 Å². The molecular formula is C9H13LiNS-. The Balaban J connectivity index is 0.00000121. The Labute approximate surface area is 92.1 Å². The van der Waals surface area contributed by atoms with Crippen LogP contribution in [0.2, 0.25) is 0 Å². The largest absolute Gasteiger partial charge is 1.00 e. The molecule has 1 atom stereocenters. The third-order valence-electron chi connectivity index (χ3n) is 2.03. The molecule has 1 nitrogen and oxygen atoms in total. The molecule has 12 heavy (non-hydrogen) atoms. The van der Waals surface area contributed by atoms with E-state index in [1.54, 1.807) is 0 Å². The Morgan fingerprint density at radius 3 is 2.42 bits per heavy atom. The van der Waals surface area contributed by atoms with Gasteiger partial charge in [-0.1, -0.05) is 6.92 Å². The molecular weight excluding hydrogens is 161 g/mol. The van der Waals surface area contributed by atoms with Crippen LogP contribution in [-0.2, 0) is 12.6 Å². The van der Waals surface area contributed by atoms with Crippen LogP contribution in [0.1, 0.15) is 18.5 Å². The summed E-state index contributed by atoms with van der Waals surface area (Å²) in [6.07, 6.45) is 0. The quantitative estimate of drug-likeness (QED) is 0.319. The molecule has 0 aliphatic heterocycles. The molecule has 0 N–H and O–H groups in total. The second kappa shape index (κ2) is 4.99. The molecule has 0 aliphatic rings. The third kappa shape index (κ3) is 2.57. The van der Waals surface area contributed by atoms with Crippen molar-refractivity contribution in [3.05, 3.63) is 23.8 Å². The monoisotopic (exact) mass is 174 g/mol. The van der Waals surface area contributed by atoms with Gasteiger partial charge in [0.1, 0.15) is 0 Å². The summed E-state index contributed by atoms with van der Waals surface area (Å²) >= 11 is 5.15. The SMILES string of the molecule is CC([c-]1cccc1[S-])N(C)C.[Li+]. The normalized spacial score (nSPS) is 12.7. The molecule has 3 heteroatoms. The maximum absolute atomic E-state index is 5.15. The Morgan fingerprint density at radius 1 is 1.50 bits per heavy atom. The van der Waals surface area contributed by atoms with Gasteiger partial charge in [-0.3, -0.25) is 4.90 Å². The van der Waals surface area contributed by atoms with Crippen LogP contribution in [0.25, 0.3) is 0 Å². The number of hydrogen-bond donors (Lipinski definition) is 0. The first-order chi connectivity index (χ1) is 5.13. The molecule has 0 aromatic heterocycles. The second-order valence-electron chi connectivity index (χ2n) is 2.98. The van der Waals surface area contributed by atoms with Crippen molar-refractivity contribution in [1.82, 2.24) is 4.90 Å². The summed E-state index contributed by atoms with van der Waals surface area (Å²) in [5, 5.41) is 0. The minimum atomic E-state index is 0. The van der Waals surface area contributed by atoms with E-state index < -0.39 is 0 Å². The summed E-state index contributed by atoms with van der Waals surface area (Å²) in [7, 11) is 4.12. The molecule has 62 valence electrons. The van der Waals surface area contributed by atoms with Crippen molar-refractivity contribution in [3.63, 3.8) is 0 Å². The zero-order valence-electron chi connectivity index (χ0n) is 8.16. The van der Waals surface area contributed by atoms with Gasteiger partial charge in [-0.15, -0.1) is 0 Å². The molecule has 0 fully saturated rings. The van der Waals surface area contributed by atoms with E-state index in [-0.39, 0.29) is 18.9 Å². The zero-order valence-corrected chi connectivity index (χ0v) is 8.98. The van der Waals surface area contributed by atoms with Crippen LogP contribution < -0.4 is 18.9 Å². The predicted octanol–water partition coefficient (Wildman–Crippen LogP) is -1.06. The Morgan fingerprint density at radius 2 is 2.08 bits per heavy atom. The Hall–Kier alpha value is 0.127. The number of hydrogen-bond acceptors (Lipinski definition) is 2. The van der Waals surface area contributed by atoms with Crippen LogP contribution in [0.3, 0.4) is 0 Å². The molecule has 1 aromatic rings. The summed E-state index contributed by atoms with van der Waals surface area (Å²) in [4.78, 5) is 3.14. The van der Waals surface area contributed by atoms with Gasteiger partial charge >= 0.3 is 18.9 Å². The molecule has 1 unspecified atom stereocenters. The van der Waals surface area contributed by atoms with Gasteiger partial charge in [-0.25, -0.2) is 12.1 Å². The van der Waals surface area contributed by atoms with Crippen LogP contribution in [0.4, 0.5) is 0 Å². The van der Waals surface area contributed by atoms with E-state index in [0.717, 1.165) is 4.90 Å². The summed E-state index contributed by atoms with van der Waals surface area (Å²) in [6.45, 7) is 2.16. The topological polar surface area (TPSA) is 3.24 Å². The van der Waals surface area contributed by atoms with E-state index >= 15 is 0 Å². The van der Waals surface area contributed by atoms with Gasteiger partial charge in [0.25, 0.3) is 0 Å². The first kappa shape index (κ1) is 12.1. The second-order valence-corrected chi connectivity index (χ2v) is 3.42. The van der Waals surface area contributed by atoms with Crippen LogP contribution in [0.5, 0.6) is 0 Å². The van der Waals surface area contributed by atoms with Crippen LogP contribution in [0.15, 0.2) is 23.1 Å². The summed E-state index contributed by atoms with van der Waals surface area (Å²) in [5.74, 6) is 0. The molecule has 0 spiro atoms. The van der Waals surface area contributed by atoms with Gasteiger partial charge in [0.2, 0.25) is 0 Å². The Bertz CT molecular complexity index is 232. The zero-order chi connectivity index (χ0) is 8.43. The molecule has 1 aromatic carbocycles. The van der Waals surface area contributed by atoms with Gasteiger partial charge in [0, 0.05) is 0 Å². The van der Waals surface area contributed by atoms with Gasteiger partial charge in [-0.2, -0.15) is 11.6 Å². The molecule has 1 rings (SSSR count). The van der Waals surface area contributed by atoms with E-state index in [1.807, 2.05) is 12.1 Å². The smallest absolute Gasteiger partial charge is 0.806 e. The minimum absolute atomic E-state index is 0. The molecule has 0 saturated carbocycles. The molecule has 0 aliphatic carbocycles. The van der Waals surface area contributed by atoms with Crippen molar-refractivity contribution in [2.24, 2.45) is 0 Å².